The van der Waals surface area contributed by atoms with E-state index in [9.17, 15) is 0 Å². The number of benzene rings is 1. The molecule has 5 rings (SSSR count). The second-order valence-electron chi connectivity index (χ2n) is 6.87. The van der Waals surface area contributed by atoms with E-state index in [0.29, 0.717) is 6.04 Å². The number of fused-ring (bicyclic) bond motifs is 3. The van der Waals surface area contributed by atoms with E-state index >= 15 is 0 Å². The van der Waals surface area contributed by atoms with Crippen molar-refractivity contribution in [2.75, 3.05) is 13.1 Å². The van der Waals surface area contributed by atoms with Crippen LogP contribution in [0, 0.1) is 16.5 Å². The van der Waals surface area contributed by atoms with Crippen molar-refractivity contribution in [2.45, 2.75) is 32.7 Å². The second kappa shape index (κ2) is 6.10. The van der Waals surface area contributed by atoms with Crippen LogP contribution in [0.3, 0.4) is 0 Å². The molecule has 1 aromatic carbocycles. The van der Waals surface area contributed by atoms with E-state index in [0.717, 1.165) is 18.9 Å². The van der Waals surface area contributed by atoms with Crippen LogP contribution in [0.2, 0.25) is 0 Å². The van der Waals surface area contributed by atoms with Gasteiger partial charge in [-0.25, -0.2) is 0 Å². The summed E-state index contributed by atoms with van der Waals surface area (Å²) >= 11 is 2.45. The van der Waals surface area contributed by atoms with Gasteiger partial charge in [-0.05, 0) is 72.9 Å². The van der Waals surface area contributed by atoms with Gasteiger partial charge in [0.1, 0.15) is 0 Å². The summed E-state index contributed by atoms with van der Waals surface area (Å²) in [5.41, 5.74) is 5.69. The number of nitrogens with one attached hydrogen (secondary N) is 1. The number of hydrogen-bond acceptors (Lipinski definition) is 1. The lowest BCUT2D eigenvalue weighted by Crippen LogP contribution is -2.47. The predicted octanol–water partition coefficient (Wildman–Crippen LogP) is 4.83. The second-order valence-corrected chi connectivity index (χ2v) is 7.95. The minimum atomic E-state index is 0.537. The molecule has 0 saturated carbocycles. The van der Waals surface area contributed by atoms with Crippen LogP contribution in [-0.4, -0.2) is 29.0 Å². The fourth-order valence-corrected chi connectivity index (χ4v) is 4.97. The summed E-state index contributed by atoms with van der Waals surface area (Å²) in [7, 11) is 0. The minimum absolute atomic E-state index is 0.537. The zero-order valence-corrected chi connectivity index (χ0v) is 15.9. The number of halogens is 1. The van der Waals surface area contributed by atoms with Gasteiger partial charge in [-0.2, -0.15) is 0 Å². The van der Waals surface area contributed by atoms with Crippen LogP contribution in [-0.2, 0) is 6.42 Å². The van der Waals surface area contributed by atoms with Crippen LogP contribution in [0.5, 0.6) is 0 Å². The highest BCUT2D eigenvalue weighted by molar-refractivity contribution is 14.1. The van der Waals surface area contributed by atoms with Gasteiger partial charge >= 0.3 is 0 Å². The average Bonchev–Trinajstić information content (AvgIpc) is 2.88. The van der Waals surface area contributed by atoms with Crippen molar-refractivity contribution in [3.05, 3.63) is 56.8 Å². The first kappa shape index (κ1) is 15.5. The van der Waals surface area contributed by atoms with Gasteiger partial charge in [0.2, 0.25) is 0 Å². The summed E-state index contributed by atoms with van der Waals surface area (Å²) in [4.78, 5) is 6.20. The molecule has 0 spiro atoms. The van der Waals surface area contributed by atoms with Gasteiger partial charge < -0.3 is 4.98 Å². The molecule has 23 heavy (non-hydrogen) atoms. The maximum Gasteiger partial charge on any atom is 0.0815 e. The molecule has 3 heterocycles. The summed E-state index contributed by atoms with van der Waals surface area (Å²) in [5.74, 6) is 0.718. The van der Waals surface area contributed by atoms with E-state index in [1.807, 2.05) is 0 Å². The summed E-state index contributed by atoms with van der Waals surface area (Å²) in [6, 6.07) is 7.25. The lowest BCUT2D eigenvalue weighted by molar-refractivity contribution is 0.181. The molecule has 0 radical (unpaired) electrons. The largest absolute Gasteiger partial charge is 0.350 e. The van der Waals surface area contributed by atoms with Gasteiger partial charge in [0, 0.05) is 30.0 Å². The van der Waals surface area contributed by atoms with Crippen LogP contribution in [0.15, 0.2) is 42.0 Å². The molecule has 3 heteroatoms. The number of nitrogens with zero attached hydrogens (tertiary/aromatic N) is 1. The zero-order chi connectivity index (χ0) is 16.0. The maximum atomic E-state index is 3.54. The molecule has 0 amide bonds. The third-order valence-corrected chi connectivity index (χ3v) is 6.26. The zero-order valence-electron chi connectivity index (χ0n) is 13.8. The van der Waals surface area contributed by atoms with Gasteiger partial charge in [0.05, 0.1) is 3.70 Å². The van der Waals surface area contributed by atoms with Crippen molar-refractivity contribution in [3.8, 4) is 0 Å². The van der Waals surface area contributed by atoms with Gasteiger partial charge in [0.15, 0.2) is 0 Å². The minimum Gasteiger partial charge on any atom is -0.350 e. The molecule has 2 nitrogen and oxygen atoms in total. The van der Waals surface area contributed by atoms with Crippen molar-refractivity contribution < 1.29 is 0 Å². The number of hydrogen-bond donors (Lipinski definition) is 1. The number of aromatic nitrogens is 1. The van der Waals surface area contributed by atoms with Crippen LogP contribution in [0.1, 0.15) is 24.5 Å². The molecule has 1 aliphatic carbocycles. The molecule has 120 valence electrons. The van der Waals surface area contributed by atoms with Gasteiger partial charge in [0.25, 0.3) is 0 Å². The monoisotopic (exact) mass is 418 g/mol. The van der Waals surface area contributed by atoms with Crippen LogP contribution in [0.4, 0.5) is 0 Å². The molecule has 1 N–H and O–H groups in total. The Morgan fingerprint density at radius 3 is 3.00 bits per heavy atom. The highest BCUT2D eigenvalue weighted by Gasteiger charge is 2.32. The molecule has 1 aromatic heterocycles. The number of aryl methyl sites for hydroxylation is 1. The van der Waals surface area contributed by atoms with Crippen LogP contribution in [0.25, 0.3) is 10.9 Å². The summed E-state index contributed by atoms with van der Waals surface area (Å²) in [6.07, 6.45) is 9.55. The van der Waals surface area contributed by atoms with Crippen molar-refractivity contribution >= 4 is 33.5 Å². The smallest absolute Gasteiger partial charge is 0.0815 e. The number of aromatic amines is 1. The van der Waals surface area contributed by atoms with E-state index in [-0.39, 0.29) is 0 Å². The molecule has 1 fully saturated rings. The van der Waals surface area contributed by atoms with Crippen molar-refractivity contribution in [3.63, 3.8) is 0 Å². The Labute approximate surface area is 151 Å². The molecule has 2 aromatic rings. The van der Waals surface area contributed by atoms with E-state index < -0.39 is 0 Å². The third-order valence-electron chi connectivity index (χ3n) is 5.34. The van der Waals surface area contributed by atoms with Gasteiger partial charge in [-0.15, -0.1) is 0 Å². The molecule has 2 atom stereocenters. The Morgan fingerprint density at radius 2 is 2.22 bits per heavy atom. The topological polar surface area (TPSA) is 19.0 Å². The molecule has 2 unspecified atom stereocenters. The standard InChI is InChI=1S/C20H23IN2/c1-3-15-11-14-5-7-19(15)23(12-14)9-8-16-17-10-13(2)4-6-18(17)22-20(16)21/h3-7,10,14,19,22H,8-9,11-12H2,1-2H3/b15-3+. The van der Waals surface area contributed by atoms with E-state index in [2.05, 4.69) is 82.7 Å². The van der Waals surface area contributed by atoms with E-state index in [4.69, 9.17) is 0 Å². The Balaban J connectivity index is 1.57. The predicted molar refractivity (Wildman–Crippen MR) is 106 cm³/mol. The average molecular weight is 418 g/mol. The molecule has 2 aliphatic heterocycles. The third kappa shape index (κ3) is 2.78. The number of piperidine rings is 1. The van der Waals surface area contributed by atoms with Crippen molar-refractivity contribution in [1.82, 2.24) is 9.88 Å². The Bertz CT molecular complexity index is 799. The first-order valence-corrected chi connectivity index (χ1v) is 9.57. The molecule has 2 bridgehead atoms. The van der Waals surface area contributed by atoms with Crippen LogP contribution < -0.4 is 0 Å². The highest BCUT2D eigenvalue weighted by Crippen LogP contribution is 2.34. The first-order chi connectivity index (χ1) is 11.2. The van der Waals surface area contributed by atoms with Crippen LogP contribution >= 0.6 is 22.6 Å². The van der Waals surface area contributed by atoms with Crippen molar-refractivity contribution in [1.29, 1.82) is 0 Å². The Hall–Kier alpha value is -1.07. The summed E-state index contributed by atoms with van der Waals surface area (Å²) in [5, 5.41) is 1.40. The van der Waals surface area contributed by atoms with E-state index in [1.165, 1.54) is 38.7 Å². The summed E-state index contributed by atoms with van der Waals surface area (Å²) < 4.78 is 1.30. The fourth-order valence-electron chi connectivity index (χ4n) is 4.12. The molecular formula is C20H23IN2. The van der Waals surface area contributed by atoms with Gasteiger partial charge in [-0.1, -0.05) is 35.4 Å². The highest BCUT2D eigenvalue weighted by atomic mass is 127. The Kier molecular flexibility index (Phi) is 4.10. The summed E-state index contributed by atoms with van der Waals surface area (Å²) in [6.45, 7) is 6.72. The van der Waals surface area contributed by atoms with Crippen molar-refractivity contribution in [2.24, 2.45) is 5.92 Å². The quantitative estimate of drug-likeness (QED) is 0.559. The molecule has 3 aliphatic rings. The normalized spacial score (nSPS) is 25.8. The number of allylic oxidation sites excluding steroid dienone is 1. The maximum absolute atomic E-state index is 3.54. The molecule has 1 saturated heterocycles. The number of rotatable bonds is 3. The molecular weight excluding hydrogens is 395 g/mol. The lowest BCUT2D eigenvalue weighted by Gasteiger charge is -2.43. The Morgan fingerprint density at radius 1 is 1.35 bits per heavy atom. The fraction of sp³-hybridized carbons (Fsp3) is 0.400. The SMILES string of the molecule is C/C=C1\CC2C=CC1N(CCc1c(I)[nH]c3ccc(C)cc13)C2. The number of H-pyrrole nitrogens is 1. The van der Waals surface area contributed by atoms with E-state index in [1.54, 1.807) is 5.57 Å². The van der Waals surface area contributed by atoms with Gasteiger partial charge in [-0.3, -0.25) is 4.90 Å². The lowest BCUT2D eigenvalue weighted by atomic mass is 9.81. The first-order valence-electron chi connectivity index (χ1n) is 8.50.